The second-order valence-corrected chi connectivity index (χ2v) is 7.35. The SMILES string of the molecule is CCOC(=O)[C@@]1(C)C[C@H](S(=O)(=O)c2ccccc2)CN1. The van der Waals surface area contributed by atoms with Crippen LogP contribution in [0.25, 0.3) is 0 Å². The molecule has 0 saturated carbocycles. The van der Waals surface area contributed by atoms with Crippen LogP contribution in [-0.2, 0) is 19.4 Å². The van der Waals surface area contributed by atoms with E-state index in [0.29, 0.717) is 4.90 Å². The Labute approximate surface area is 119 Å². The minimum Gasteiger partial charge on any atom is -0.465 e. The Hall–Kier alpha value is -1.40. The summed E-state index contributed by atoms with van der Waals surface area (Å²) in [7, 11) is -3.43. The van der Waals surface area contributed by atoms with Crippen LogP contribution < -0.4 is 5.32 Å². The van der Waals surface area contributed by atoms with Crippen molar-refractivity contribution >= 4 is 15.8 Å². The molecule has 1 aliphatic rings. The summed E-state index contributed by atoms with van der Waals surface area (Å²) in [5.74, 6) is -0.397. The van der Waals surface area contributed by atoms with Crippen molar-refractivity contribution in [2.24, 2.45) is 0 Å². The number of sulfone groups is 1. The van der Waals surface area contributed by atoms with Gasteiger partial charge in [-0.05, 0) is 32.4 Å². The Morgan fingerprint density at radius 2 is 2.05 bits per heavy atom. The molecule has 2 atom stereocenters. The Balaban J connectivity index is 2.19. The molecule has 1 heterocycles. The van der Waals surface area contributed by atoms with Gasteiger partial charge in [0.1, 0.15) is 5.54 Å². The molecule has 6 heteroatoms. The number of carbonyl (C=O) groups excluding carboxylic acids is 1. The number of benzene rings is 1. The van der Waals surface area contributed by atoms with E-state index in [9.17, 15) is 13.2 Å². The number of nitrogens with one attached hydrogen (secondary N) is 1. The van der Waals surface area contributed by atoms with Gasteiger partial charge in [-0.25, -0.2) is 8.42 Å². The molecule has 110 valence electrons. The van der Waals surface area contributed by atoms with Gasteiger partial charge in [0, 0.05) is 6.54 Å². The summed E-state index contributed by atoms with van der Waals surface area (Å²) in [6.45, 7) is 3.96. The highest BCUT2D eigenvalue weighted by molar-refractivity contribution is 7.92. The molecule has 20 heavy (non-hydrogen) atoms. The van der Waals surface area contributed by atoms with E-state index < -0.39 is 26.6 Å². The van der Waals surface area contributed by atoms with E-state index in [0.717, 1.165) is 0 Å². The minimum atomic E-state index is -3.43. The van der Waals surface area contributed by atoms with Crippen molar-refractivity contribution in [3.05, 3.63) is 30.3 Å². The molecule has 1 aliphatic heterocycles. The Morgan fingerprint density at radius 1 is 1.40 bits per heavy atom. The van der Waals surface area contributed by atoms with Gasteiger partial charge in [0.15, 0.2) is 9.84 Å². The van der Waals surface area contributed by atoms with Crippen LogP contribution in [0, 0.1) is 0 Å². The third-order valence-electron chi connectivity index (χ3n) is 3.59. The van der Waals surface area contributed by atoms with E-state index in [2.05, 4.69) is 5.32 Å². The van der Waals surface area contributed by atoms with Crippen LogP contribution >= 0.6 is 0 Å². The molecular weight excluding hydrogens is 278 g/mol. The maximum absolute atomic E-state index is 12.5. The summed E-state index contributed by atoms with van der Waals surface area (Å²) in [6, 6.07) is 8.32. The summed E-state index contributed by atoms with van der Waals surface area (Å²) < 4.78 is 30.0. The smallest absolute Gasteiger partial charge is 0.326 e. The van der Waals surface area contributed by atoms with Crippen molar-refractivity contribution in [2.75, 3.05) is 13.2 Å². The summed E-state index contributed by atoms with van der Waals surface area (Å²) in [5.41, 5.74) is -0.928. The maximum atomic E-state index is 12.5. The first-order valence-electron chi connectivity index (χ1n) is 6.61. The number of hydrogen-bond acceptors (Lipinski definition) is 5. The molecule has 0 amide bonds. The van der Waals surface area contributed by atoms with Gasteiger partial charge in [-0.3, -0.25) is 4.79 Å². The fourth-order valence-corrected chi connectivity index (χ4v) is 4.18. The van der Waals surface area contributed by atoms with E-state index in [4.69, 9.17) is 4.74 Å². The fraction of sp³-hybridized carbons (Fsp3) is 0.500. The molecule has 1 aromatic rings. The van der Waals surface area contributed by atoms with Crippen LogP contribution in [0.3, 0.4) is 0 Å². The fourth-order valence-electron chi connectivity index (χ4n) is 2.41. The van der Waals surface area contributed by atoms with Crippen LogP contribution in [0.15, 0.2) is 35.2 Å². The van der Waals surface area contributed by atoms with Gasteiger partial charge in [0.25, 0.3) is 0 Å². The molecule has 5 nitrogen and oxygen atoms in total. The molecule has 0 aromatic heterocycles. The van der Waals surface area contributed by atoms with Gasteiger partial charge in [0.2, 0.25) is 0 Å². The van der Waals surface area contributed by atoms with E-state index in [1.807, 2.05) is 0 Å². The van der Waals surface area contributed by atoms with Gasteiger partial charge >= 0.3 is 5.97 Å². The predicted octanol–water partition coefficient (Wildman–Crippen LogP) is 1.14. The second kappa shape index (κ2) is 5.54. The van der Waals surface area contributed by atoms with Crippen LogP contribution in [0.2, 0.25) is 0 Å². The molecule has 1 saturated heterocycles. The molecule has 0 spiro atoms. The number of esters is 1. The van der Waals surface area contributed by atoms with Crippen molar-refractivity contribution in [3.8, 4) is 0 Å². The molecule has 1 aromatic carbocycles. The largest absolute Gasteiger partial charge is 0.465 e. The molecule has 0 unspecified atom stereocenters. The van der Waals surface area contributed by atoms with Gasteiger partial charge in [-0.2, -0.15) is 0 Å². The molecule has 2 rings (SSSR count). The highest BCUT2D eigenvalue weighted by Gasteiger charge is 2.46. The summed E-state index contributed by atoms with van der Waals surface area (Å²) in [4.78, 5) is 12.2. The lowest BCUT2D eigenvalue weighted by molar-refractivity contribution is -0.149. The zero-order chi connectivity index (χ0) is 14.8. The first kappa shape index (κ1) is 15.0. The van der Waals surface area contributed by atoms with Crippen LogP contribution in [0.4, 0.5) is 0 Å². The van der Waals surface area contributed by atoms with Gasteiger partial charge in [-0.1, -0.05) is 18.2 Å². The monoisotopic (exact) mass is 297 g/mol. The van der Waals surface area contributed by atoms with Crippen molar-refractivity contribution in [3.63, 3.8) is 0 Å². The zero-order valence-corrected chi connectivity index (χ0v) is 12.4. The summed E-state index contributed by atoms with van der Waals surface area (Å²) in [6.07, 6.45) is 0.225. The molecular formula is C14H19NO4S. The van der Waals surface area contributed by atoms with Gasteiger partial charge in [-0.15, -0.1) is 0 Å². The minimum absolute atomic E-state index is 0.225. The number of carbonyl (C=O) groups is 1. The summed E-state index contributed by atoms with van der Waals surface area (Å²) >= 11 is 0. The second-order valence-electron chi connectivity index (χ2n) is 5.12. The first-order chi connectivity index (χ1) is 9.40. The molecule has 0 bridgehead atoms. The van der Waals surface area contributed by atoms with Crippen molar-refractivity contribution in [2.45, 2.75) is 36.0 Å². The Morgan fingerprint density at radius 3 is 2.65 bits per heavy atom. The molecule has 1 N–H and O–H groups in total. The third-order valence-corrected chi connectivity index (χ3v) is 5.73. The van der Waals surface area contributed by atoms with Crippen LogP contribution in [0.5, 0.6) is 0 Å². The third kappa shape index (κ3) is 2.71. The Kier molecular flexibility index (Phi) is 4.15. The van der Waals surface area contributed by atoms with Crippen molar-refractivity contribution in [1.82, 2.24) is 5.32 Å². The highest BCUT2D eigenvalue weighted by Crippen LogP contribution is 2.29. The first-order valence-corrected chi connectivity index (χ1v) is 8.16. The standard InChI is InChI=1S/C14H19NO4S/c1-3-19-13(16)14(2)9-12(10-15-14)20(17,18)11-7-5-4-6-8-11/h4-8,12,15H,3,9-10H2,1-2H3/t12-,14+/m0/s1. The number of rotatable bonds is 4. The Bertz CT molecular complexity index is 584. The lowest BCUT2D eigenvalue weighted by Gasteiger charge is -2.21. The average Bonchev–Trinajstić information content (AvgIpc) is 2.85. The lowest BCUT2D eigenvalue weighted by atomic mass is 10.0. The van der Waals surface area contributed by atoms with Gasteiger partial charge in [0.05, 0.1) is 16.8 Å². The van der Waals surface area contributed by atoms with E-state index in [1.54, 1.807) is 44.2 Å². The van der Waals surface area contributed by atoms with E-state index >= 15 is 0 Å². The van der Waals surface area contributed by atoms with E-state index in [-0.39, 0.29) is 19.6 Å². The zero-order valence-electron chi connectivity index (χ0n) is 11.6. The normalized spacial score (nSPS) is 26.4. The molecule has 0 aliphatic carbocycles. The lowest BCUT2D eigenvalue weighted by Crippen LogP contribution is -2.45. The van der Waals surface area contributed by atoms with Crippen molar-refractivity contribution in [1.29, 1.82) is 0 Å². The molecule has 0 radical (unpaired) electrons. The quantitative estimate of drug-likeness (QED) is 0.844. The summed E-state index contributed by atoms with van der Waals surface area (Å²) in [5, 5.41) is 2.38. The van der Waals surface area contributed by atoms with Gasteiger partial charge < -0.3 is 10.1 Å². The van der Waals surface area contributed by atoms with Crippen LogP contribution in [0.1, 0.15) is 20.3 Å². The van der Waals surface area contributed by atoms with Crippen LogP contribution in [-0.4, -0.2) is 38.3 Å². The van der Waals surface area contributed by atoms with E-state index in [1.165, 1.54) is 0 Å². The number of ether oxygens (including phenoxy) is 1. The number of hydrogen-bond donors (Lipinski definition) is 1. The maximum Gasteiger partial charge on any atom is 0.326 e. The predicted molar refractivity (Wildman–Crippen MR) is 75.1 cm³/mol. The highest BCUT2D eigenvalue weighted by atomic mass is 32.2. The topological polar surface area (TPSA) is 72.5 Å². The molecule has 1 fully saturated rings. The van der Waals surface area contributed by atoms with Crippen molar-refractivity contribution < 1.29 is 17.9 Å². The average molecular weight is 297 g/mol.